The van der Waals surface area contributed by atoms with Crippen molar-refractivity contribution in [1.82, 2.24) is 21.3 Å². The summed E-state index contributed by atoms with van der Waals surface area (Å²) in [4.78, 5) is 64.7. The topological polar surface area (TPSA) is 143 Å². The smallest absolute Gasteiger partial charge is 0.329 e. The number of cyclic esters (lactones) is 1. The number of carbonyl (C=O) groups excluding carboxylic acids is 5. The van der Waals surface area contributed by atoms with Crippen molar-refractivity contribution in [1.29, 1.82) is 0 Å². The molecule has 1 heterocycles. The minimum Gasteiger partial charge on any atom is -0.461 e. The molecule has 1 unspecified atom stereocenters. The number of esters is 1. The van der Waals surface area contributed by atoms with E-state index in [1.54, 1.807) is 47.6 Å². The number of hydrogen-bond acceptors (Lipinski definition) is 8. The highest BCUT2D eigenvalue weighted by Gasteiger charge is 2.33. The van der Waals surface area contributed by atoms with Crippen LogP contribution in [0.4, 0.5) is 0 Å². The lowest BCUT2D eigenvalue weighted by Gasteiger charge is -2.27. The van der Waals surface area contributed by atoms with E-state index in [-0.39, 0.29) is 29.7 Å². The third-order valence-corrected chi connectivity index (χ3v) is 7.86. The predicted octanol–water partition coefficient (Wildman–Crippen LogP) is 2.07. The Kier molecular flexibility index (Phi) is 14.4. The highest BCUT2D eigenvalue weighted by molar-refractivity contribution is 8.76. The van der Waals surface area contributed by atoms with E-state index in [1.165, 1.54) is 27.7 Å². The molecular weight excluding hydrogens is 516 g/mol. The first kappa shape index (κ1) is 32.6. The molecule has 208 valence electrons. The molecule has 12 heteroatoms. The standard InChI is InChI=1S/C25H40N4O6S2/c1-8-10-11-36-37-13-18-23(32)26-17(9-2)22(31)29-21(15(5)6)25(34)35-16(7)12-19(30)28-20(14(3)4)24(33)27-18/h8-9,14-16,18,20-21H,1,10-13H2,2-7H3,(H,26,32)(H,27,33)(H,28,30)(H,29,31)/b17-9+/t16?,18-,20-,21+/m1/s1. The van der Waals surface area contributed by atoms with Gasteiger partial charge in [-0.05, 0) is 32.1 Å². The van der Waals surface area contributed by atoms with Gasteiger partial charge in [-0.2, -0.15) is 0 Å². The SMILES string of the molecule is C=CCCSSC[C@H]1NC(=O)[C@@H](C(C)C)NC(=O)CC(C)OC(=O)[C@H](C(C)C)NC(=O)/C(=C\C)NC1=O. The van der Waals surface area contributed by atoms with Crippen LogP contribution in [0.15, 0.2) is 24.4 Å². The molecule has 1 fully saturated rings. The minimum atomic E-state index is -0.992. The van der Waals surface area contributed by atoms with Crippen LogP contribution in [0.5, 0.6) is 0 Å². The van der Waals surface area contributed by atoms with Crippen molar-refractivity contribution in [3.05, 3.63) is 24.4 Å². The lowest BCUT2D eigenvalue weighted by molar-refractivity contribution is -0.154. The quantitative estimate of drug-likeness (QED) is 0.117. The van der Waals surface area contributed by atoms with Gasteiger partial charge in [0.1, 0.15) is 29.9 Å². The summed E-state index contributed by atoms with van der Waals surface area (Å²) in [6, 6.07) is -2.88. The molecule has 1 saturated heterocycles. The molecule has 4 amide bonds. The number of carbonyl (C=O) groups is 5. The Bertz CT molecular complexity index is 877. The fraction of sp³-hybridized carbons (Fsp3) is 0.640. The van der Waals surface area contributed by atoms with Crippen molar-refractivity contribution >= 4 is 51.2 Å². The maximum absolute atomic E-state index is 13.2. The van der Waals surface area contributed by atoms with E-state index in [2.05, 4.69) is 27.8 Å². The van der Waals surface area contributed by atoms with Gasteiger partial charge in [0.25, 0.3) is 5.91 Å². The van der Waals surface area contributed by atoms with E-state index in [9.17, 15) is 24.0 Å². The number of amides is 4. The Labute approximate surface area is 227 Å². The molecule has 0 saturated carbocycles. The minimum absolute atomic E-state index is 0.0548. The van der Waals surface area contributed by atoms with E-state index in [0.29, 0.717) is 0 Å². The number of nitrogens with one attached hydrogen (secondary N) is 4. The first-order valence-corrected chi connectivity index (χ1v) is 14.8. The maximum atomic E-state index is 13.2. The van der Waals surface area contributed by atoms with Crippen molar-refractivity contribution in [2.24, 2.45) is 11.8 Å². The van der Waals surface area contributed by atoms with Crippen LogP contribution in [0.3, 0.4) is 0 Å². The number of hydrogen-bond donors (Lipinski definition) is 4. The van der Waals surface area contributed by atoms with Gasteiger partial charge in [-0.1, -0.05) is 61.4 Å². The van der Waals surface area contributed by atoms with Gasteiger partial charge < -0.3 is 26.0 Å². The average molecular weight is 557 g/mol. The molecule has 0 aromatic carbocycles. The van der Waals surface area contributed by atoms with Crippen LogP contribution in [-0.2, 0) is 28.7 Å². The number of allylic oxidation sites excluding steroid dienone is 2. The molecule has 0 radical (unpaired) electrons. The van der Waals surface area contributed by atoms with Crippen LogP contribution in [0.2, 0.25) is 0 Å². The Hall–Kier alpha value is -2.47. The van der Waals surface area contributed by atoms with E-state index >= 15 is 0 Å². The van der Waals surface area contributed by atoms with Crippen molar-refractivity contribution in [2.45, 2.75) is 78.6 Å². The average Bonchev–Trinajstić information content (AvgIpc) is 2.81. The largest absolute Gasteiger partial charge is 0.461 e. The summed E-state index contributed by atoms with van der Waals surface area (Å²) in [5, 5.41) is 10.6. The van der Waals surface area contributed by atoms with Crippen LogP contribution in [0, 0.1) is 11.8 Å². The molecule has 0 aliphatic carbocycles. The third-order valence-electron chi connectivity index (χ3n) is 5.41. The molecule has 10 nitrogen and oxygen atoms in total. The van der Waals surface area contributed by atoms with Gasteiger partial charge in [-0.15, -0.1) is 6.58 Å². The normalized spacial score (nSPS) is 25.8. The molecule has 0 aromatic heterocycles. The first-order valence-electron chi connectivity index (χ1n) is 12.3. The van der Waals surface area contributed by atoms with E-state index in [4.69, 9.17) is 4.74 Å². The van der Waals surface area contributed by atoms with Gasteiger partial charge in [-0.25, -0.2) is 4.79 Å². The van der Waals surface area contributed by atoms with E-state index < -0.39 is 53.8 Å². The summed E-state index contributed by atoms with van der Waals surface area (Å²) in [7, 11) is 2.94. The summed E-state index contributed by atoms with van der Waals surface area (Å²) < 4.78 is 5.41. The molecular formula is C25H40N4O6S2. The van der Waals surface area contributed by atoms with Crippen molar-refractivity contribution in [2.75, 3.05) is 11.5 Å². The van der Waals surface area contributed by atoms with Crippen LogP contribution in [-0.4, -0.2) is 65.3 Å². The number of rotatable bonds is 8. The van der Waals surface area contributed by atoms with Crippen molar-refractivity contribution < 1.29 is 28.7 Å². The zero-order chi connectivity index (χ0) is 28.1. The third kappa shape index (κ3) is 11.2. The molecule has 1 aliphatic heterocycles. The van der Waals surface area contributed by atoms with Gasteiger partial charge >= 0.3 is 5.97 Å². The Morgan fingerprint density at radius 2 is 1.62 bits per heavy atom. The molecule has 0 bridgehead atoms. The Balaban J connectivity index is 3.31. The summed E-state index contributed by atoms with van der Waals surface area (Å²) in [5.41, 5.74) is -0.0548. The summed E-state index contributed by atoms with van der Waals surface area (Å²) in [6.45, 7) is 13.9. The highest BCUT2D eigenvalue weighted by atomic mass is 33.1. The van der Waals surface area contributed by atoms with Gasteiger partial charge in [0.05, 0.1) is 6.42 Å². The van der Waals surface area contributed by atoms with Gasteiger partial charge in [0, 0.05) is 11.5 Å². The molecule has 0 aromatic rings. The van der Waals surface area contributed by atoms with Crippen LogP contribution >= 0.6 is 21.6 Å². The Morgan fingerprint density at radius 3 is 2.19 bits per heavy atom. The summed E-state index contributed by atoms with van der Waals surface area (Å²) >= 11 is 0. The van der Waals surface area contributed by atoms with Gasteiger partial charge in [-0.3, -0.25) is 19.2 Å². The monoisotopic (exact) mass is 556 g/mol. The molecule has 1 rings (SSSR count). The predicted molar refractivity (Wildman–Crippen MR) is 147 cm³/mol. The fourth-order valence-electron chi connectivity index (χ4n) is 3.29. The summed E-state index contributed by atoms with van der Waals surface area (Å²) in [5.74, 6) is -2.52. The van der Waals surface area contributed by atoms with Crippen LogP contribution in [0.1, 0.15) is 54.4 Å². The molecule has 0 spiro atoms. The first-order chi connectivity index (χ1) is 17.4. The van der Waals surface area contributed by atoms with Crippen molar-refractivity contribution in [3.63, 3.8) is 0 Å². The zero-order valence-electron chi connectivity index (χ0n) is 22.4. The number of ether oxygens (including phenoxy) is 1. The van der Waals surface area contributed by atoms with E-state index in [1.807, 2.05) is 0 Å². The second-order valence-electron chi connectivity index (χ2n) is 9.37. The maximum Gasteiger partial charge on any atom is 0.329 e. The van der Waals surface area contributed by atoms with Crippen molar-refractivity contribution in [3.8, 4) is 0 Å². The highest BCUT2D eigenvalue weighted by Crippen LogP contribution is 2.23. The summed E-state index contributed by atoms with van der Waals surface area (Å²) in [6.07, 6.45) is 3.06. The van der Waals surface area contributed by atoms with Gasteiger partial charge in [0.2, 0.25) is 17.7 Å². The molecule has 1 aliphatic rings. The lowest BCUT2D eigenvalue weighted by atomic mass is 10.0. The van der Waals surface area contributed by atoms with E-state index in [0.717, 1.165) is 12.2 Å². The van der Waals surface area contributed by atoms with Crippen LogP contribution < -0.4 is 21.3 Å². The van der Waals surface area contributed by atoms with Crippen LogP contribution in [0.25, 0.3) is 0 Å². The molecule has 37 heavy (non-hydrogen) atoms. The zero-order valence-corrected chi connectivity index (χ0v) is 24.1. The Morgan fingerprint density at radius 1 is 0.973 bits per heavy atom. The second kappa shape index (κ2) is 16.4. The molecule has 4 atom stereocenters. The second-order valence-corrected chi connectivity index (χ2v) is 12.0. The molecule has 4 N–H and O–H groups in total. The van der Waals surface area contributed by atoms with Gasteiger partial charge in [0.15, 0.2) is 0 Å². The lowest BCUT2D eigenvalue weighted by Crippen LogP contribution is -2.57. The fourth-order valence-corrected chi connectivity index (χ4v) is 5.48.